The molecule has 2 rings (SSSR count). The SMILES string of the molecule is COc1ccc(CCCNCCCNC(=O)C/C=C/c2ccc(SC)cc2)cc1OC. The van der Waals surface area contributed by atoms with Crippen LogP contribution >= 0.6 is 11.8 Å². The summed E-state index contributed by atoms with van der Waals surface area (Å²) >= 11 is 1.72. The molecule has 0 aromatic heterocycles. The zero-order valence-corrected chi connectivity index (χ0v) is 19.6. The van der Waals surface area contributed by atoms with Gasteiger partial charge in [0.2, 0.25) is 5.91 Å². The van der Waals surface area contributed by atoms with Crippen molar-refractivity contribution in [2.24, 2.45) is 0 Å². The number of aryl methyl sites for hydroxylation is 1. The minimum atomic E-state index is 0.0606. The number of carbonyl (C=O) groups is 1. The van der Waals surface area contributed by atoms with Crippen LogP contribution in [-0.2, 0) is 11.2 Å². The Labute approximate surface area is 190 Å². The van der Waals surface area contributed by atoms with Crippen molar-refractivity contribution in [3.63, 3.8) is 0 Å². The summed E-state index contributed by atoms with van der Waals surface area (Å²) in [6, 6.07) is 14.4. The highest BCUT2D eigenvalue weighted by Gasteiger charge is 2.04. The molecule has 0 spiro atoms. The molecule has 2 aromatic carbocycles. The molecule has 5 nitrogen and oxygen atoms in total. The smallest absolute Gasteiger partial charge is 0.223 e. The fraction of sp³-hybridized carbons (Fsp3) is 0.400. The van der Waals surface area contributed by atoms with Gasteiger partial charge in [-0.05, 0) is 74.0 Å². The molecule has 0 atom stereocenters. The summed E-state index contributed by atoms with van der Waals surface area (Å²) in [5, 5.41) is 6.40. The normalized spacial score (nSPS) is 10.9. The maximum atomic E-state index is 11.9. The summed E-state index contributed by atoms with van der Waals surface area (Å²) in [6.45, 7) is 2.53. The predicted molar refractivity (Wildman–Crippen MR) is 130 cm³/mol. The lowest BCUT2D eigenvalue weighted by Crippen LogP contribution is -2.27. The Morgan fingerprint density at radius 1 is 0.968 bits per heavy atom. The molecule has 0 unspecified atom stereocenters. The molecule has 6 heteroatoms. The van der Waals surface area contributed by atoms with Gasteiger partial charge in [-0.25, -0.2) is 0 Å². The van der Waals surface area contributed by atoms with E-state index < -0.39 is 0 Å². The molecule has 168 valence electrons. The van der Waals surface area contributed by atoms with Crippen molar-refractivity contribution in [2.75, 3.05) is 40.1 Å². The summed E-state index contributed by atoms with van der Waals surface area (Å²) in [7, 11) is 3.30. The number of ether oxygens (including phenoxy) is 2. The summed E-state index contributed by atoms with van der Waals surface area (Å²) in [4.78, 5) is 13.2. The minimum Gasteiger partial charge on any atom is -0.493 e. The largest absolute Gasteiger partial charge is 0.493 e. The first-order valence-corrected chi connectivity index (χ1v) is 11.9. The van der Waals surface area contributed by atoms with Gasteiger partial charge in [-0.3, -0.25) is 4.79 Å². The zero-order chi connectivity index (χ0) is 22.3. The van der Waals surface area contributed by atoms with Gasteiger partial charge in [0, 0.05) is 17.9 Å². The molecule has 0 saturated carbocycles. The van der Waals surface area contributed by atoms with E-state index in [2.05, 4.69) is 47.2 Å². The molecule has 0 aliphatic carbocycles. The van der Waals surface area contributed by atoms with Gasteiger partial charge < -0.3 is 20.1 Å². The first-order valence-electron chi connectivity index (χ1n) is 10.6. The van der Waals surface area contributed by atoms with Gasteiger partial charge in [-0.15, -0.1) is 11.8 Å². The first kappa shape index (κ1) is 24.8. The van der Waals surface area contributed by atoms with E-state index >= 15 is 0 Å². The highest BCUT2D eigenvalue weighted by atomic mass is 32.2. The Kier molecular flexibility index (Phi) is 11.6. The Hall–Kier alpha value is -2.44. The average Bonchev–Trinajstić information content (AvgIpc) is 2.81. The fourth-order valence-electron chi connectivity index (χ4n) is 3.11. The fourth-order valence-corrected chi connectivity index (χ4v) is 3.52. The lowest BCUT2D eigenvalue weighted by Gasteiger charge is -2.10. The quantitative estimate of drug-likeness (QED) is 0.332. The molecule has 0 aliphatic heterocycles. The maximum absolute atomic E-state index is 11.9. The molecule has 0 saturated heterocycles. The molecule has 31 heavy (non-hydrogen) atoms. The number of hydrogen-bond donors (Lipinski definition) is 2. The Bertz CT molecular complexity index is 822. The first-order chi connectivity index (χ1) is 15.2. The molecule has 0 bridgehead atoms. The number of rotatable bonds is 14. The molecular weight excluding hydrogens is 408 g/mol. The Morgan fingerprint density at radius 2 is 1.71 bits per heavy atom. The van der Waals surface area contributed by atoms with Crippen LogP contribution in [0.5, 0.6) is 11.5 Å². The second-order valence-corrected chi connectivity index (χ2v) is 8.01. The van der Waals surface area contributed by atoms with Gasteiger partial charge in [0.25, 0.3) is 0 Å². The lowest BCUT2D eigenvalue weighted by atomic mass is 10.1. The van der Waals surface area contributed by atoms with Crippen LogP contribution < -0.4 is 20.1 Å². The highest BCUT2D eigenvalue weighted by Crippen LogP contribution is 2.27. The van der Waals surface area contributed by atoms with Gasteiger partial charge in [-0.1, -0.05) is 30.4 Å². The van der Waals surface area contributed by atoms with Crippen LogP contribution in [-0.4, -0.2) is 46.0 Å². The lowest BCUT2D eigenvalue weighted by molar-refractivity contribution is -0.120. The van der Waals surface area contributed by atoms with E-state index in [4.69, 9.17) is 9.47 Å². The van der Waals surface area contributed by atoms with Gasteiger partial charge in [0.15, 0.2) is 11.5 Å². The standard InChI is InChI=1S/C25H34N2O3S/c1-29-23-15-12-21(19-24(23)30-2)8-5-16-26-17-6-18-27-25(28)9-4-7-20-10-13-22(31-3)14-11-20/h4,7,10-15,19,26H,5-6,8-9,16-18H2,1-3H3,(H,27,28)/b7-4+. The zero-order valence-electron chi connectivity index (χ0n) is 18.8. The molecule has 0 aliphatic rings. The second kappa shape index (κ2) is 14.5. The van der Waals surface area contributed by atoms with Crippen LogP contribution in [0.1, 0.15) is 30.4 Å². The number of nitrogens with one attached hydrogen (secondary N) is 2. The van der Waals surface area contributed by atoms with Crippen LogP contribution in [0.4, 0.5) is 0 Å². The molecule has 1 amide bonds. The third kappa shape index (κ3) is 9.49. The van der Waals surface area contributed by atoms with E-state index in [0.29, 0.717) is 13.0 Å². The highest BCUT2D eigenvalue weighted by molar-refractivity contribution is 7.98. The monoisotopic (exact) mass is 442 g/mol. The van der Waals surface area contributed by atoms with Crippen LogP contribution in [0, 0.1) is 0 Å². The van der Waals surface area contributed by atoms with Gasteiger partial charge in [0.05, 0.1) is 14.2 Å². The van der Waals surface area contributed by atoms with E-state index in [1.807, 2.05) is 24.3 Å². The van der Waals surface area contributed by atoms with Crippen molar-refractivity contribution >= 4 is 23.7 Å². The Morgan fingerprint density at radius 3 is 2.42 bits per heavy atom. The number of methoxy groups -OCH3 is 2. The van der Waals surface area contributed by atoms with Crippen molar-refractivity contribution in [2.45, 2.75) is 30.6 Å². The Balaban J connectivity index is 1.51. The van der Waals surface area contributed by atoms with Crippen molar-refractivity contribution in [1.82, 2.24) is 10.6 Å². The van der Waals surface area contributed by atoms with Crippen LogP contribution in [0.15, 0.2) is 53.4 Å². The molecule has 0 radical (unpaired) electrons. The summed E-state index contributed by atoms with van der Waals surface area (Å²) < 4.78 is 10.6. The van der Waals surface area contributed by atoms with Crippen LogP contribution in [0.25, 0.3) is 6.08 Å². The second-order valence-electron chi connectivity index (χ2n) is 7.13. The minimum absolute atomic E-state index is 0.0606. The summed E-state index contributed by atoms with van der Waals surface area (Å²) in [6.07, 6.45) is 9.32. The third-order valence-electron chi connectivity index (χ3n) is 4.85. The average molecular weight is 443 g/mol. The maximum Gasteiger partial charge on any atom is 0.223 e. The van der Waals surface area contributed by atoms with Crippen molar-refractivity contribution in [1.29, 1.82) is 0 Å². The van der Waals surface area contributed by atoms with Crippen LogP contribution in [0.2, 0.25) is 0 Å². The van der Waals surface area contributed by atoms with E-state index in [1.54, 1.807) is 26.0 Å². The number of amides is 1. The summed E-state index contributed by atoms with van der Waals surface area (Å²) in [5.41, 5.74) is 2.35. The van der Waals surface area contributed by atoms with E-state index in [-0.39, 0.29) is 5.91 Å². The number of thioether (sulfide) groups is 1. The van der Waals surface area contributed by atoms with Gasteiger partial charge in [-0.2, -0.15) is 0 Å². The van der Waals surface area contributed by atoms with Crippen molar-refractivity contribution in [3.05, 3.63) is 59.7 Å². The van der Waals surface area contributed by atoms with Crippen LogP contribution in [0.3, 0.4) is 0 Å². The predicted octanol–water partition coefficient (Wildman–Crippen LogP) is 4.56. The van der Waals surface area contributed by atoms with Crippen molar-refractivity contribution < 1.29 is 14.3 Å². The van der Waals surface area contributed by atoms with Gasteiger partial charge >= 0.3 is 0 Å². The van der Waals surface area contributed by atoms with Crippen molar-refractivity contribution in [3.8, 4) is 11.5 Å². The number of carbonyl (C=O) groups excluding carboxylic acids is 1. The van der Waals surface area contributed by atoms with E-state index in [0.717, 1.165) is 49.4 Å². The molecule has 2 aromatic rings. The molecular formula is C25H34N2O3S. The topological polar surface area (TPSA) is 59.6 Å². The van der Waals surface area contributed by atoms with E-state index in [9.17, 15) is 4.79 Å². The molecule has 2 N–H and O–H groups in total. The molecule has 0 heterocycles. The van der Waals surface area contributed by atoms with Gasteiger partial charge in [0.1, 0.15) is 0 Å². The van der Waals surface area contributed by atoms with E-state index in [1.165, 1.54) is 10.5 Å². The number of hydrogen-bond acceptors (Lipinski definition) is 5. The number of benzene rings is 2. The molecule has 0 fully saturated rings. The summed E-state index contributed by atoms with van der Waals surface area (Å²) in [5.74, 6) is 1.59. The third-order valence-corrected chi connectivity index (χ3v) is 5.59.